The van der Waals surface area contributed by atoms with Crippen LogP contribution in [0.2, 0.25) is 0 Å². The van der Waals surface area contributed by atoms with Gasteiger partial charge in [-0.2, -0.15) is 9.97 Å². The molecule has 3 aromatic heterocycles. The molecule has 3 aromatic rings. The first-order chi connectivity index (χ1) is 9.33. The summed E-state index contributed by atoms with van der Waals surface area (Å²) in [7, 11) is 0. The molecule has 96 valence electrons. The maximum atomic E-state index is 5.64. The monoisotopic (exact) mass is 255 g/mol. The summed E-state index contributed by atoms with van der Waals surface area (Å²) in [6, 6.07) is 3.96. The van der Waals surface area contributed by atoms with E-state index in [1.807, 2.05) is 18.3 Å². The second-order valence-corrected chi connectivity index (χ2v) is 4.07. The number of aromatic amines is 1. The Morgan fingerprint density at radius 2 is 2.26 bits per heavy atom. The van der Waals surface area contributed by atoms with Gasteiger partial charge in [0, 0.05) is 18.9 Å². The van der Waals surface area contributed by atoms with Crippen molar-refractivity contribution in [1.29, 1.82) is 0 Å². The van der Waals surface area contributed by atoms with Crippen molar-refractivity contribution in [2.75, 3.05) is 17.6 Å². The Hall–Kier alpha value is -2.70. The van der Waals surface area contributed by atoms with Crippen molar-refractivity contribution in [3.63, 3.8) is 0 Å². The van der Waals surface area contributed by atoms with Gasteiger partial charge in [-0.1, -0.05) is 6.07 Å². The number of pyridine rings is 1. The van der Waals surface area contributed by atoms with Gasteiger partial charge in [-0.3, -0.25) is 4.98 Å². The van der Waals surface area contributed by atoms with E-state index in [1.54, 1.807) is 12.5 Å². The van der Waals surface area contributed by atoms with Crippen LogP contribution in [0, 0.1) is 0 Å². The molecule has 0 aliphatic heterocycles. The molecule has 7 nitrogen and oxygen atoms in total. The number of nitrogens with two attached hydrogens (primary N) is 1. The van der Waals surface area contributed by atoms with E-state index < -0.39 is 0 Å². The van der Waals surface area contributed by atoms with Crippen LogP contribution in [0.4, 0.5) is 11.8 Å². The minimum atomic E-state index is 0.212. The number of aromatic nitrogens is 5. The van der Waals surface area contributed by atoms with E-state index >= 15 is 0 Å². The van der Waals surface area contributed by atoms with Crippen LogP contribution >= 0.6 is 0 Å². The molecule has 0 saturated heterocycles. The number of hydrogen-bond donors (Lipinski definition) is 3. The summed E-state index contributed by atoms with van der Waals surface area (Å²) in [5, 5.41) is 3.23. The molecule has 0 spiro atoms. The maximum absolute atomic E-state index is 5.64. The zero-order valence-electron chi connectivity index (χ0n) is 10.2. The van der Waals surface area contributed by atoms with Crippen LogP contribution in [0.3, 0.4) is 0 Å². The molecule has 0 aromatic carbocycles. The molecule has 0 aliphatic carbocycles. The Labute approximate surface area is 109 Å². The zero-order valence-corrected chi connectivity index (χ0v) is 10.2. The number of nitrogens with one attached hydrogen (secondary N) is 2. The number of hydrogen-bond acceptors (Lipinski definition) is 6. The topological polar surface area (TPSA) is 105 Å². The largest absolute Gasteiger partial charge is 0.368 e. The van der Waals surface area contributed by atoms with Gasteiger partial charge in [0.2, 0.25) is 5.95 Å². The molecule has 3 rings (SSSR count). The van der Waals surface area contributed by atoms with E-state index in [0.29, 0.717) is 11.5 Å². The number of nitrogen functional groups attached to an aromatic ring is 1. The van der Waals surface area contributed by atoms with Gasteiger partial charge in [-0.25, -0.2) is 4.98 Å². The lowest BCUT2D eigenvalue weighted by atomic mass is 10.2. The molecule has 3 heterocycles. The quantitative estimate of drug-likeness (QED) is 0.642. The summed E-state index contributed by atoms with van der Waals surface area (Å²) in [5.74, 6) is 0.882. The summed E-state index contributed by atoms with van der Waals surface area (Å²) in [4.78, 5) is 19.4. The third-order valence-corrected chi connectivity index (χ3v) is 2.73. The number of H-pyrrole nitrogens is 1. The molecule has 4 N–H and O–H groups in total. The molecule has 19 heavy (non-hydrogen) atoms. The Bertz CT molecular complexity index is 677. The fourth-order valence-electron chi connectivity index (χ4n) is 1.85. The van der Waals surface area contributed by atoms with Crippen molar-refractivity contribution in [2.24, 2.45) is 0 Å². The lowest BCUT2D eigenvalue weighted by Crippen LogP contribution is -2.09. The van der Waals surface area contributed by atoms with Gasteiger partial charge in [-0.15, -0.1) is 0 Å². The first kappa shape index (κ1) is 11.4. The van der Waals surface area contributed by atoms with E-state index in [4.69, 9.17) is 5.73 Å². The molecule has 0 unspecified atom stereocenters. The van der Waals surface area contributed by atoms with Crippen molar-refractivity contribution in [3.8, 4) is 0 Å². The van der Waals surface area contributed by atoms with Gasteiger partial charge in [0.15, 0.2) is 11.5 Å². The lowest BCUT2D eigenvalue weighted by Gasteiger charge is -2.06. The van der Waals surface area contributed by atoms with Crippen LogP contribution in [0.1, 0.15) is 5.56 Å². The van der Waals surface area contributed by atoms with Gasteiger partial charge < -0.3 is 16.0 Å². The van der Waals surface area contributed by atoms with Gasteiger partial charge in [0.05, 0.1) is 6.33 Å². The van der Waals surface area contributed by atoms with Crippen LogP contribution in [0.15, 0.2) is 30.9 Å². The van der Waals surface area contributed by atoms with Crippen LogP contribution < -0.4 is 11.1 Å². The average Bonchev–Trinajstić information content (AvgIpc) is 2.88. The predicted octanol–water partition coefficient (Wildman–Crippen LogP) is 0.985. The van der Waals surface area contributed by atoms with Crippen LogP contribution in [0.5, 0.6) is 0 Å². The maximum Gasteiger partial charge on any atom is 0.224 e. The number of imidazole rings is 1. The van der Waals surface area contributed by atoms with Crippen LogP contribution in [0.25, 0.3) is 11.2 Å². The van der Waals surface area contributed by atoms with Crippen molar-refractivity contribution >= 4 is 22.9 Å². The SMILES string of the molecule is Nc1nc(NCCc2cccnc2)c2[nH]cnc2n1. The highest BCUT2D eigenvalue weighted by molar-refractivity contribution is 5.83. The number of fused-ring (bicyclic) bond motifs is 1. The summed E-state index contributed by atoms with van der Waals surface area (Å²) >= 11 is 0. The number of rotatable bonds is 4. The minimum absolute atomic E-state index is 0.212. The first-order valence-electron chi connectivity index (χ1n) is 5.92. The van der Waals surface area contributed by atoms with E-state index in [1.165, 1.54) is 0 Å². The van der Waals surface area contributed by atoms with Crippen LogP contribution in [-0.2, 0) is 6.42 Å². The Morgan fingerprint density at radius 1 is 1.32 bits per heavy atom. The zero-order chi connectivity index (χ0) is 13.1. The standard InChI is InChI=1S/C12H13N7/c13-12-18-10(9-11(19-12)17-7-16-9)15-5-3-8-2-1-4-14-6-8/h1-2,4,6-7H,3,5H2,(H4,13,15,16,17,18,19). The molecule has 7 heteroatoms. The fraction of sp³-hybridized carbons (Fsp3) is 0.167. The number of nitrogens with zero attached hydrogens (tertiary/aromatic N) is 4. The molecule has 0 fully saturated rings. The van der Waals surface area contributed by atoms with Crippen molar-refractivity contribution < 1.29 is 0 Å². The second-order valence-electron chi connectivity index (χ2n) is 4.07. The highest BCUT2D eigenvalue weighted by Crippen LogP contribution is 2.17. The minimum Gasteiger partial charge on any atom is -0.368 e. The molecule has 0 amide bonds. The molecular weight excluding hydrogens is 242 g/mol. The Morgan fingerprint density at radius 3 is 3.11 bits per heavy atom. The molecule has 0 radical (unpaired) electrons. The summed E-state index contributed by atoms with van der Waals surface area (Å²) in [6.07, 6.45) is 6.04. The summed E-state index contributed by atoms with van der Waals surface area (Å²) < 4.78 is 0. The third kappa shape index (κ3) is 2.44. The lowest BCUT2D eigenvalue weighted by molar-refractivity contribution is 0.994. The molecular formula is C12H13N7. The third-order valence-electron chi connectivity index (χ3n) is 2.73. The van der Waals surface area contributed by atoms with Crippen molar-refractivity contribution in [1.82, 2.24) is 24.9 Å². The highest BCUT2D eigenvalue weighted by Gasteiger charge is 2.07. The highest BCUT2D eigenvalue weighted by atomic mass is 15.1. The molecule has 0 bridgehead atoms. The van der Waals surface area contributed by atoms with E-state index in [-0.39, 0.29) is 5.95 Å². The normalized spacial score (nSPS) is 10.7. The van der Waals surface area contributed by atoms with Gasteiger partial charge >= 0.3 is 0 Å². The smallest absolute Gasteiger partial charge is 0.224 e. The van der Waals surface area contributed by atoms with E-state index in [2.05, 4.69) is 30.2 Å². The average molecular weight is 255 g/mol. The van der Waals surface area contributed by atoms with E-state index in [9.17, 15) is 0 Å². The number of anilines is 2. The van der Waals surface area contributed by atoms with Crippen LogP contribution in [-0.4, -0.2) is 31.5 Å². The fourth-order valence-corrected chi connectivity index (χ4v) is 1.85. The second kappa shape index (κ2) is 4.89. The van der Waals surface area contributed by atoms with Gasteiger partial charge in [0.1, 0.15) is 5.52 Å². The molecule has 0 saturated carbocycles. The van der Waals surface area contributed by atoms with Crippen molar-refractivity contribution in [3.05, 3.63) is 36.4 Å². The van der Waals surface area contributed by atoms with Gasteiger partial charge in [0.25, 0.3) is 0 Å². The first-order valence-corrected chi connectivity index (χ1v) is 5.92. The van der Waals surface area contributed by atoms with Gasteiger partial charge in [-0.05, 0) is 18.1 Å². The molecule has 0 atom stereocenters. The Balaban J connectivity index is 1.73. The predicted molar refractivity (Wildman–Crippen MR) is 72.5 cm³/mol. The van der Waals surface area contributed by atoms with E-state index in [0.717, 1.165) is 24.0 Å². The van der Waals surface area contributed by atoms with Crippen molar-refractivity contribution in [2.45, 2.75) is 6.42 Å². The Kier molecular flexibility index (Phi) is 2.93. The molecule has 0 aliphatic rings. The summed E-state index contributed by atoms with van der Waals surface area (Å²) in [6.45, 7) is 0.732. The summed E-state index contributed by atoms with van der Waals surface area (Å²) in [5.41, 5.74) is 8.14.